The number of nitrogens with zero attached hydrogens (tertiary/aromatic N) is 3. The van der Waals surface area contributed by atoms with E-state index in [1.54, 1.807) is 29.3 Å². The van der Waals surface area contributed by atoms with Gasteiger partial charge < -0.3 is 9.64 Å². The summed E-state index contributed by atoms with van der Waals surface area (Å²) in [4.78, 5) is 13.6. The Balaban J connectivity index is 1.89. The van der Waals surface area contributed by atoms with Gasteiger partial charge in [0.2, 0.25) is 11.8 Å². The zero-order valence-corrected chi connectivity index (χ0v) is 10.7. The Morgan fingerprint density at radius 2 is 2.39 bits per heavy atom. The van der Waals surface area contributed by atoms with E-state index in [9.17, 15) is 4.79 Å². The van der Waals surface area contributed by atoms with Crippen LogP contribution in [0.15, 0.2) is 30.0 Å². The van der Waals surface area contributed by atoms with E-state index in [-0.39, 0.29) is 12.0 Å². The summed E-state index contributed by atoms with van der Waals surface area (Å²) in [7, 11) is 0. The second kappa shape index (κ2) is 5.62. The predicted octanol–water partition coefficient (Wildman–Crippen LogP) is 1.42. The summed E-state index contributed by atoms with van der Waals surface area (Å²) in [6.45, 7) is 5.18. The SMILES string of the molecule is CC(C)=CC(=O)N1CCC(Oc2cccnn2)C1. The van der Waals surface area contributed by atoms with Crippen molar-refractivity contribution in [2.75, 3.05) is 13.1 Å². The summed E-state index contributed by atoms with van der Waals surface area (Å²) in [6.07, 6.45) is 4.10. The van der Waals surface area contributed by atoms with Crippen LogP contribution in [-0.4, -0.2) is 40.2 Å². The van der Waals surface area contributed by atoms with E-state index in [4.69, 9.17) is 4.74 Å². The van der Waals surface area contributed by atoms with Crippen molar-refractivity contribution in [1.29, 1.82) is 0 Å². The third kappa shape index (κ3) is 3.29. The average Bonchev–Trinajstić information content (AvgIpc) is 2.78. The molecule has 1 aliphatic heterocycles. The molecule has 5 nitrogen and oxygen atoms in total. The van der Waals surface area contributed by atoms with Crippen molar-refractivity contribution < 1.29 is 9.53 Å². The highest BCUT2D eigenvalue weighted by atomic mass is 16.5. The standard InChI is InChI=1S/C13H17N3O2/c1-10(2)8-13(17)16-7-5-11(9-16)18-12-4-3-6-14-15-12/h3-4,6,8,11H,5,7,9H2,1-2H3. The van der Waals surface area contributed by atoms with E-state index < -0.39 is 0 Å². The smallest absolute Gasteiger partial charge is 0.246 e. The lowest BCUT2D eigenvalue weighted by Gasteiger charge is -2.15. The molecule has 2 heterocycles. The van der Waals surface area contributed by atoms with Crippen LogP contribution in [0.4, 0.5) is 0 Å². The van der Waals surface area contributed by atoms with Gasteiger partial charge in [0.1, 0.15) is 6.10 Å². The Morgan fingerprint density at radius 1 is 1.56 bits per heavy atom. The van der Waals surface area contributed by atoms with E-state index in [2.05, 4.69) is 10.2 Å². The second-order valence-corrected chi connectivity index (χ2v) is 4.60. The number of allylic oxidation sites excluding steroid dienone is 1. The fourth-order valence-electron chi connectivity index (χ4n) is 1.88. The fraction of sp³-hybridized carbons (Fsp3) is 0.462. The lowest BCUT2D eigenvalue weighted by molar-refractivity contribution is -0.125. The molecule has 1 saturated heterocycles. The normalized spacial score (nSPS) is 18.6. The molecule has 0 N–H and O–H groups in total. The van der Waals surface area contributed by atoms with Crippen molar-refractivity contribution in [3.8, 4) is 5.88 Å². The highest BCUT2D eigenvalue weighted by Gasteiger charge is 2.26. The maximum Gasteiger partial charge on any atom is 0.246 e. The maximum atomic E-state index is 11.8. The molecule has 0 aliphatic carbocycles. The third-order valence-corrected chi connectivity index (χ3v) is 2.70. The van der Waals surface area contributed by atoms with Crippen LogP contribution >= 0.6 is 0 Å². The highest BCUT2D eigenvalue weighted by molar-refractivity contribution is 5.88. The van der Waals surface area contributed by atoms with Crippen LogP contribution in [0.25, 0.3) is 0 Å². The molecular weight excluding hydrogens is 230 g/mol. The van der Waals surface area contributed by atoms with Crippen molar-refractivity contribution in [1.82, 2.24) is 15.1 Å². The summed E-state index contributed by atoms with van der Waals surface area (Å²) < 4.78 is 5.67. The molecular formula is C13H17N3O2. The number of amides is 1. The first kappa shape index (κ1) is 12.5. The van der Waals surface area contributed by atoms with Crippen LogP contribution in [0.5, 0.6) is 5.88 Å². The first-order chi connectivity index (χ1) is 8.65. The highest BCUT2D eigenvalue weighted by Crippen LogP contribution is 2.16. The first-order valence-corrected chi connectivity index (χ1v) is 6.03. The van der Waals surface area contributed by atoms with Gasteiger partial charge in [-0.05, 0) is 19.9 Å². The molecule has 0 saturated carbocycles. The lowest BCUT2D eigenvalue weighted by Crippen LogP contribution is -2.29. The number of hydrogen-bond acceptors (Lipinski definition) is 4. The summed E-state index contributed by atoms with van der Waals surface area (Å²) in [6, 6.07) is 3.55. The van der Waals surface area contributed by atoms with Gasteiger partial charge in [0.25, 0.3) is 0 Å². The number of hydrogen-bond donors (Lipinski definition) is 0. The summed E-state index contributed by atoms with van der Waals surface area (Å²) >= 11 is 0. The van der Waals surface area contributed by atoms with E-state index in [1.165, 1.54) is 0 Å². The van der Waals surface area contributed by atoms with Crippen molar-refractivity contribution in [3.63, 3.8) is 0 Å². The number of rotatable bonds is 3. The minimum absolute atomic E-state index is 0.0104. The molecule has 18 heavy (non-hydrogen) atoms. The van der Waals surface area contributed by atoms with Gasteiger partial charge in [-0.1, -0.05) is 5.57 Å². The molecule has 1 unspecified atom stereocenters. The minimum atomic E-state index is 0.0104. The van der Waals surface area contributed by atoms with Gasteiger partial charge >= 0.3 is 0 Å². The van der Waals surface area contributed by atoms with Gasteiger partial charge in [0.15, 0.2) is 0 Å². The Kier molecular flexibility index (Phi) is 3.92. The van der Waals surface area contributed by atoms with Gasteiger partial charge in [0, 0.05) is 31.3 Å². The van der Waals surface area contributed by atoms with E-state index in [0.29, 0.717) is 12.4 Å². The summed E-state index contributed by atoms with van der Waals surface area (Å²) in [5.41, 5.74) is 1.01. The lowest BCUT2D eigenvalue weighted by atomic mass is 10.3. The number of aromatic nitrogens is 2. The van der Waals surface area contributed by atoms with Gasteiger partial charge in [-0.3, -0.25) is 4.79 Å². The van der Waals surface area contributed by atoms with Crippen LogP contribution in [0.2, 0.25) is 0 Å². The molecule has 1 fully saturated rings. The van der Waals surface area contributed by atoms with Gasteiger partial charge in [-0.15, -0.1) is 5.10 Å². The van der Waals surface area contributed by atoms with Crippen LogP contribution < -0.4 is 4.74 Å². The molecule has 2 rings (SSSR count). The van der Waals surface area contributed by atoms with Gasteiger partial charge in [-0.25, -0.2) is 0 Å². The molecule has 1 aromatic heterocycles. The molecule has 1 atom stereocenters. The van der Waals surface area contributed by atoms with Gasteiger partial charge in [0.05, 0.1) is 6.54 Å². The first-order valence-electron chi connectivity index (χ1n) is 6.03. The zero-order valence-electron chi connectivity index (χ0n) is 10.7. The van der Waals surface area contributed by atoms with Crippen molar-refractivity contribution in [2.24, 2.45) is 0 Å². The quantitative estimate of drug-likeness (QED) is 0.758. The topological polar surface area (TPSA) is 55.3 Å². The third-order valence-electron chi connectivity index (χ3n) is 2.70. The molecule has 5 heteroatoms. The minimum Gasteiger partial charge on any atom is -0.471 e. The van der Waals surface area contributed by atoms with E-state index >= 15 is 0 Å². The van der Waals surface area contributed by atoms with E-state index in [1.807, 2.05) is 13.8 Å². The zero-order chi connectivity index (χ0) is 13.0. The predicted molar refractivity (Wildman–Crippen MR) is 67.1 cm³/mol. The van der Waals surface area contributed by atoms with Crippen LogP contribution in [0.1, 0.15) is 20.3 Å². The summed E-state index contributed by atoms with van der Waals surface area (Å²) in [5.74, 6) is 0.569. The largest absolute Gasteiger partial charge is 0.471 e. The molecule has 1 aliphatic rings. The Morgan fingerprint density at radius 3 is 3.06 bits per heavy atom. The van der Waals surface area contributed by atoms with Crippen LogP contribution in [0.3, 0.4) is 0 Å². The molecule has 1 amide bonds. The number of likely N-dealkylation sites (tertiary alicyclic amines) is 1. The number of ether oxygens (including phenoxy) is 1. The monoisotopic (exact) mass is 247 g/mol. The van der Waals surface area contributed by atoms with Gasteiger partial charge in [-0.2, -0.15) is 5.10 Å². The maximum absolute atomic E-state index is 11.8. The van der Waals surface area contributed by atoms with Crippen LogP contribution in [0, 0.1) is 0 Å². The number of carbonyl (C=O) groups is 1. The Bertz CT molecular complexity index is 441. The van der Waals surface area contributed by atoms with Crippen LogP contribution in [-0.2, 0) is 4.79 Å². The van der Waals surface area contributed by atoms with Crippen molar-refractivity contribution in [2.45, 2.75) is 26.4 Å². The summed E-state index contributed by atoms with van der Waals surface area (Å²) in [5, 5.41) is 7.63. The Hall–Kier alpha value is -1.91. The molecule has 0 spiro atoms. The second-order valence-electron chi connectivity index (χ2n) is 4.60. The molecule has 1 aromatic rings. The molecule has 96 valence electrons. The average molecular weight is 247 g/mol. The van der Waals surface area contributed by atoms with Crippen molar-refractivity contribution in [3.05, 3.63) is 30.0 Å². The van der Waals surface area contributed by atoms with Crippen molar-refractivity contribution >= 4 is 5.91 Å². The Labute approximate surface area is 106 Å². The molecule has 0 bridgehead atoms. The number of carbonyl (C=O) groups excluding carboxylic acids is 1. The molecule has 0 radical (unpaired) electrons. The van der Waals surface area contributed by atoms with E-state index in [0.717, 1.165) is 18.5 Å². The molecule has 0 aromatic carbocycles. The fourth-order valence-corrected chi connectivity index (χ4v) is 1.88.